The van der Waals surface area contributed by atoms with E-state index < -0.39 is 12.0 Å². The van der Waals surface area contributed by atoms with Gasteiger partial charge in [0.1, 0.15) is 11.6 Å². The first kappa shape index (κ1) is 14.1. The van der Waals surface area contributed by atoms with Gasteiger partial charge in [0.15, 0.2) is 5.58 Å². The molecular weight excluding hydrogens is 280 g/mol. The third-order valence-electron chi connectivity index (χ3n) is 3.41. The maximum absolute atomic E-state index is 11.5. The van der Waals surface area contributed by atoms with Crippen molar-refractivity contribution < 1.29 is 14.3 Å². The Kier molecular flexibility index (Phi) is 3.78. The summed E-state index contributed by atoms with van der Waals surface area (Å²) in [5, 5.41) is 12.3. The van der Waals surface area contributed by atoms with Crippen LogP contribution in [0.2, 0.25) is 0 Å². The third kappa shape index (κ3) is 3.09. The fourth-order valence-electron chi connectivity index (χ4n) is 2.36. The van der Waals surface area contributed by atoms with Crippen LogP contribution in [-0.4, -0.2) is 22.1 Å². The second-order valence-electron chi connectivity index (χ2n) is 5.22. The molecule has 3 rings (SSSR count). The van der Waals surface area contributed by atoms with Crippen LogP contribution in [0.5, 0.6) is 0 Å². The molecule has 0 aliphatic carbocycles. The molecule has 2 N–H and O–H groups in total. The van der Waals surface area contributed by atoms with Gasteiger partial charge in [0.2, 0.25) is 0 Å². The fraction of sp³-hybridized carbons (Fsp3) is 0.176. The van der Waals surface area contributed by atoms with Gasteiger partial charge in [0.05, 0.1) is 0 Å². The maximum atomic E-state index is 11.5. The first-order valence-corrected chi connectivity index (χ1v) is 7.02. The van der Waals surface area contributed by atoms with Gasteiger partial charge in [-0.1, -0.05) is 42.0 Å². The molecule has 1 heterocycles. The van der Waals surface area contributed by atoms with E-state index in [2.05, 4.69) is 10.3 Å². The molecular formula is C17H16N2O3. The molecule has 5 nitrogen and oxygen atoms in total. The second kappa shape index (κ2) is 5.89. The van der Waals surface area contributed by atoms with Crippen LogP contribution in [0.1, 0.15) is 11.1 Å². The zero-order valence-electron chi connectivity index (χ0n) is 12.1. The second-order valence-corrected chi connectivity index (χ2v) is 5.22. The molecule has 0 unspecified atom stereocenters. The van der Waals surface area contributed by atoms with E-state index in [-0.39, 0.29) is 6.01 Å². The largest absolute Gasteiger partial charge is 0.480 e. The van der Waals surface area contributed by atoms with Gasteiger partial charge in [-0.25, -0.2) is 4.79 Å². The van der Waals surface area contributed by atoms with Crippen LogP contribution in [0.3, 0.4) is 0 Å². The van der Waals surface area contributed by atoms with Gasteiger partial charge in [-0.2, -0.15) is 4.98 Å². The van der Waals surface area contributed by atoms with Crippen molar-refractivity contribution in [2.45, 2.75) is 19.4 Å². The number of aliphatic carboxylic acids is 1. The molecule has 1 aromatic heterocycles. The average molecular weight is 296 g/mol. The lowest BCUT2D eigenvalue weighted by Gasteiger charge is -2.13. The highest BCUT2D eigenvalue weighted by atomic mass is 16.4. The van der Waals surface area contributed by atoms with E-state index in [0.29, 0.717) is 17.5 Å². The molecule has 0 fully saturated rings. The Balaban J connectivity index is 1.80. The van der Waals surface area contributed by atoms with Crippen molar-refractivity contribution in [3.05, 3.63) is 59.7 Å². The van der Waals surface area contributed by atoms with Gasteiger partial charge in [0, 0.05) is 6.42 Å². The number of carboxylic acid groups (broad SMARTS) is 1. The van der Waals surface area contributed by atoms with Gasteiger partial charge >= 0.3 is 5.97 Å². The monoisotopic (exact) mass is 296 g/mol. The molecule has 0 bridgehead atoms. The Hall–Kier alpha value is -2.82. The lowest BCUT2D eigenvalue weighted by molar-refractivity contribution is -0.137. The summed E-state index contributed by atoms with van der Waals surface area (Å²) in [4.78, 5) is 15.7. The van der Waals surface area contributed by atoms with Gasteiger partial charge in [0.25, 0.3) is 6.01 Å². The molecule has 0 aliphatic heterocycles. The normalized spacial score (nSPS) is 12.2. The molecule has 1 atom stereocenters. The molecule has 22 heavy (non-hydrogen) atoms. The Morgan fingerprint density at radius 2 is 2.09 bits per heavy atom. The van der Waals surface area contributed by atoms with Gasteiger partial charge < -0.3 is 14.8 Å². The van der Waals surface area contributed by atoms with Crippen LogP contribution in [0.25, 0.3) is 11.1 Å². The summed E-state index contributed by atoms with van der Waals surface area (Å²) in [5.74, 6) is -0.941. The zero-order valence-corrected chi connectivity index (χ0v) is 12.1. The molecule has 0 radical (unpaired) electrons. The highest BCUT2D eigenvalue weighted by Gasteiger charge is 2.20. The summed E-state index contributed by atoms with van der Waals surface area (Å²) < 4.78 is 5.52. The quantitative estimate of drug-likeness (QED) is 0.756. The molecule has 2 aromatic carbocycles. The molecule has 3 aromatic rings. The molecule has 0 spiro atoms. The number of fused-ring (bicyclic) bond motifs is 1. The Bertz CT molecular complexity index is 777. The van der Waals surface area contributed by atoms with E-state index in [1.54, 1.807) is 6.07 Å². The van der Waals surface area contributed by atoms with E-state index in [4.69, 9.17) is 4.42 Å². The predicted octanol–water partition coefficient (Wildman–Crippen LogP) is 3.24. The smallest absolute Gasteiger partial charge is 0.326 e. The third-order valence-corrected chi connectivity index (χ3v) is 3.41. The number of rotatable bonds is 5. The summed E-state index contributed by atoms with van der Waals surface area (Å²) in [6.07, 6.45) is 0.357. The van der Waals surface area contributed by atoms with Crippen molar-refractivity contribution in [2.24, 2.45) is 0 Å². The van der Waals surface area contributed by atoms with Crippen molar-refractivity contribution in [1.82, 2.24) is 4.98 Å². The number of nitrogens with one attached hydrogen (secondary N) is 1. The molecule has 0 aliphatic rings. The van der Waals surface area contributed by atoms with Crippen LogP contribution in [0, 0.1) is 6.92 Å². The van der Waals surface area contributed by atoms with E-state index in [0.717, 1.165) is 11.1 Å². The highest BCUT2D eigenvalue weighted by Crippen LogP contribution is 2.19. The van der Waals surface area contributed by atoms with Crippen molar-refractivity contribution >= 4 is 23.1 Å². The number of oxazole rings is 1. The summed E-state index contributed by atoms with van der Waals surface area (Å²) in [5.41, 5.74) is 3.38. The Morgan fingerprint density at radius 1 is 1.27 bits per heavy atom. The number of carbonyl (C=O) groups is 1. The van der Waals surface area contributed by atoms with Crippen LogP contribution < -0.4 is 5.32 Å². The minimum atomic E-state index is -0.941. The number of hydrogen-bond donors (Lipinski definition) is 2. The molecule has 5 heteroatoms. The van der Waals surface area contributed by atoms with E-state index >= 15 is 0 Å². The topological polar surface area (TPSA) is 75.4 Å². The van der Waals surface area contributed by atoms with Crippen LogP contribution in [0.4, 0.5) is 6.01 Å². The van der Waals surface area contributed by atoms with Crippen molar-refractivity contribution in [3.8, 4) is 0 Å². The highest BCUT2D eigenvalue weighted by molar-refractivity contribution is 5.78. The van der Waals surface area contributed by atoms with Crippen molar-refractivity contribution in [2.75, 3.05) is 5.32 Å². The zero-order chi connectivity index (χ0) is 15.5. The standard InChI is InChI=1S/C17H16N2O3/c1-11-5-4-6-12(9-11)10-14(16(20)21)19-17-18-13-7-2-3-8-15(13)22-17/h2-9,14H,10H2,1H3,(H,18,19)(H,20,21)/t14-/m0/s1. The minimum Gasteiger partial charge on any atom is -0.480 e. The Labute approximate surface area is 127 Å². The first-order chi connectivity index (χ1) is 10.6. The van der Waals surface area contributed by atoms with Crippen LogP contribution in [0.15, 0.2) is 52.9 Å². The van der Waals surface area contributed by atoms with Gasteiger partial charge in [-0.3, -0.25) is 0 Å². The van der Waals surface area contributed by atoms with E-state index in [9.17, 15) is 9.90 Å². The molecule has 0 saturated carbocycles. The number of benzene rings is 2. The fourth-order valence-corrected chi connectivity index (χ4v) is 2.36. The van der Waals surface area contributed by atoms with E-state index in [1.807, 2.05) is 49.4 Å². The number of anilines is 1. The van der Waals surface area contributed by atoms with Crippen LogP contribution in [-0.2, 0) is 11.2 Å². The van der Waals surface area contributed by atoms with Crippen molar-refractivity contribution in [1.29, 1.82) is 0 Å². The average Bonchev–Trinajstić information content (AvgIpc) is 2.89. The maximum Gasteiger partial charge on any atom is 0.326 e. The number of carboxylic acids is 1. The summed E-state index contributed by atoms with van der Waals surface area (Å²) in [7, 11) is 0. The molecule has 0 amide bonds. The number of hydrogen-bond acceptors (Lipinski definition) is 4. The van der Waals surface area contributed by atoms with Crippen LogP contribution >= 0.6 is 0 Å². The Morgan fingerprint density at radius 3 is 2.82 bits per heavy atom. The summed E-state index contributed by atoms with van der Waals surface area (Å²) in [6.45, 7) is 1.98. The summed E-state index contributed by atoms with van der Waals surface area (Å²) in [6, 6.07) is 14.5. The van der Waals surface area contributed by atoms with Gasteiger partial charge in [-0.15, -0.1) is 0 Å². The van der Waals surface area contributed by atoms with Crippen molar-refractivity contribution in [3.63, 3.8) is 0 Å². The number of aromatic nitrogens is 1. The van der Waals surface area contributed by atoms with E-state index in [1.165, 1.54) is 0 Å². The number of nitrogens with zero attached hydrogens (tertiary/aromatic N) is 1. The lowest BCUT2D eigenvalue weighted by atomic mass is 10.0. The lowest BCUT2D eigenvalue weighted by Crippen LogP contribution is -2.31. The predicted molar refractivity (Wildman–Crippen MR) is 83.9 cm³/mol. The first-order valence-electron chi connectivity index (χ1n) is 7.02. The molecule has 112 valence electrons. The molecule has 0 saturated heterocycles. The van der Waals surface area contributed by atoms with Gasteiger partial charge in [-0.05, 0) is 24.6 Å². The SMILES string of the molecule is Cc1cccc(C[C@H](Nc2nc3ccccc3o2)C(=O)O)c1. The summed E-state index contributed by atoms with van der Waals surface area (Å²) >= 11 is 0. The minimum absolute atomic E-state index is 0.223. The number of aryl methyl sites for hydroxylation is 1. The number of para-hydroxylation sites is 2.